The summed E-state index contributed by atoms with van der Waals surface area (Å²) < 4.78 is 11.4. The Bertz CT molecular complexity index is 1530. The van der Waals surface area contributed by atoms with Crippen molar-refractivity contribution in [2.75, 3.05) is 6.61 Å². The van der Waals surface area contributed by atoms with E-state index in [0.717, 1.165) is 5.56 Å². The number of para-hydroxylation sites is 1. The molecule has 0 amide bonds. The van der Waals surface area contributed by atoms with Gasteiger partial charge >= 0.3 is 5.69 Å². The summed E-state index contributed by atoms with van der Waals surface area (Å²) in [5, 5.41) is 9.34. The van der Waals surface area contributed by atoms with Crippen LogP contribution in [-0.4, -0.2) is 35.1 Å². The molecule has 0 saturated heterocycles. The zero-order chi connectivity index (χ0) is 22.2. The highest BCUT2D eigenvalue weighted by Crippen LogP contribution is 2.14. The maximum Gasteiger partial charge on any atom is 0.352 e. The SMILES string of the molecule is Cn1cc2c(n1)c(=O)n(Cc1ccc(Cl)cc1)c1nn(CCOc3ccccc3)c(=O)n21. The fourth-order valence-corrected chi connectivity index (χ4v) is 3.75. The van der Waals surface area contributed by atoms with Crippen molar-refractivity contribution < 1.29 is 4.74 Å². The molecular formula is C22H19ClN6O3. The lowest BCUT2D eigenvalue weighted by Gasteiger charge is -2.07. The average Bonchev–Trinajstić information content (AvgIpc) is 3.33. The van der Waals surface area contributed by atoms with Crippen molar-refractivity contribution in [1.82, 2.24) is 28.5 Å². The fraction of sp³-hybridized carbons (Fsp3) is 0.182. The van der Waals surface area contributed by atoms with Crippen LogP contribution in [0.3, 0.4) is 0 Å². The molecule has 0 aliphatic heterocycles. The van der Waals surface area contributed by atoms with E-state index in [0.29, 0.717) is 16.3 Å². The van der Waals surface area contributed by atoms with Gasteiger partial charge in [0.05, 0.1) is 13.1 Å². The van der Waals surface area contributed by atoms with E-state index < -0.39 is 0 Å². The van der Waals surface area contributed by atoms with Crippen LogP contribution in [0.25, 0.3) is 16.8 Å². The topological polar surface area (TPSA) is 88.3 Å². The van der Waals surface area contributed by atoms with E-state index in [9.17, 15) is 9.59 Å². The number of aromatic nitrogens is 6. The van der Waals surface area contributed by atoms with Gasteiger partial charge in [-0.15, -0.1) is 5.10 Å². The van der Waals surface area contributed by atoms with Crippen LogP contribution < -0.4 is 16.0 Å². The standard InChI is InChI=1S/C22H19ClN6O3/c1-26-14-18-19(24-26)20(30)27(13-15-7-9-16(23)10-8-15)21-25-28(22(31)29(18)21)11-12-32-17-5-3-2-4-6-17/h2-10,14H,11-13H2,1H3. The van der Waals surface area contributed by atoms with E-state index >= 15 is 0 Å². The highest BCUT2D eigenvalue weighted by molar-refractivity contribution is 6.30. The van der Waals surface area contributed by atoms with Crippen LogP contribution in [0.1, 0.15) is 5.56 Å². The van der Waals surface area contributed by atoms with Crippen LogP contribution in [-0.2, 0) is 20.1 Å². The van der Waals surface area contributed by atoms with Crippen LogP contribution in [0.4, 0.5) is 0 Å². The number of benzene rings is 2. The molecule has 5 rings (SSSR count). The first-order valence-electron chi connectivity index (χ1n) is 9.99. The second-order valence-electron chi connectivity index (χ2n) is 7.36. The molecule has 10 heteroatoms. The minimum atomic E-state index is -0.362. The summed E-state index contributed by atoms with van der Waals surface area (Å²) in [6.45, 7) is 0.709. The zero-order valence-electron chi connectivity index (χ0n) is 17.2. The number of rotatable bonds is 6. The molecule has 0 atom stereocenters. The van der Waals surface area contributed by atoms with Crippen molar-refractivity contribution in [2.45, 2.75) is 13.1 Å². The second kappa shape index (κ2) is 8.01. The average molecular weight is 451 g/mol. The third-order valence-corrected chi connectivity index (χ3v) is 5.38. The smallest absolute Gasteiger partial charge is 0.352 e. The quantitative estimate of drug-likeness (QED) is 0.396. The second-order valence-corrected chi connectivity index (χ2v) is 7.79. The lowest BCUT2D eigenvalue weighted by molar-refractivity contribution is 0.289. The Kier molecular flexibility index (Phi) is 5.02. The van der Waals surface area contributed by atoms with E-state index in [2.05, 4.69) is 10.2 Å². The van der Waals surface area contributed by atoms with Gasteiger partial charge in [-0.25, -0.2) is 13.9 Å². The summed E-state index contributed by atoms with van der Waals surface area (Å²) >= 11 is 5.98. The molecule has 3 aromatic heterocycles. The molecule has 9 nitrogen and oxygen atoms in total. The largest absolute Gasteiger partial charge is 0.492 e. The normalized spacial score (nSPS) is 11.4. The summed E-state index contributed by atoms with van der Waals surface area (Å²) in [4.78, 5) is 26.4. The van der Waals surface area contributed by atoms with Gasteiger partial charge in [0.15, 0.2) is 5.52 Å². The van der Waals surface area contributed by atoms with Crippen molar-refractivity contribution >= 4 is 28.4 Å². The van der Waals surface area contributed by atoms with Gasteiger partial charge in [-0.05, 0) is 29.8 Å². The zero-order valence-corrected chi connectivity index (χ0v) is 17.9. The van der Waals surface area contributed by atoms with E-state index in [-0.39, 0.29) is 42.2 Å². The van der Waals surface area contributed by atoms with Crippen LogP contribution in [0, 0.1) is 0 Å². The minimum Gasteiger partial charge on any atom is -0.492 e. The van der Waals surface area contributed by atoms with Gasteiger partial charge in [-0.1, -0.05) is 41.9 Å². The Labute approximate surface area is 186 Å². The first kappa shape index (κ1) is 20.1. The van der Waals surface area contributed by atoms with Gasteiger partial charge in [0.25, 0.3) is 5.56 Å². The summed E-state index contributed by atoms with van der Waals surface area (Å²) in [6, 6.07) is 16.5. The lowest BCUT2D eigenvalue weighted by atomic mass is 10.2. The Morgan fingerprint density at radius 2 is 1.75 bits per heavy atom. The Morgan fingerprint density at radius 1 is 1.00 bits per heavy atom. The molecule has 0 unspecified atom stereocenters. The molecule has 3 heterocycles. The lowest BCUT2D eigenvalue weighted by Crippen LogP contribution is -2.27. The van der Waals surface area contributed by atoms with Gasteiger partial charge in [0.1, 0.15) is 17.9 Å². The number of ether oxygens (including phenoxy) is 1. The van der Waals surface area contributed by atoms with Gasteiger partial charge in [0, 0.05) is 18.3 Å². The molecule has 0 aliphatic rings. The highest BCUT2D eigenvalue weighted by atomic mass is 35.5. The third kappa shape index (κ3) is 3.56. The highest BCUT2D eigenvalue weighted by Gasteiger charge is 2.20. The van der Waals surface area contributed by atoms with Gasteiger partial charge in [-0.3, -0.25) is 14.0 Å². The predicted molar refractivity (Wildman–Crippen MR) is 120 cm³/mol. The molecule has 162 valence electrons. The van der Waals surface area contributed by atoms with Crippen molar-refractivity contribution in [3.05, 3.63) is 92.2 Å². The first-order valence-corrected chi connectivity index (χ1v) is 10.4. The molecule has 0 spiro atoms. The summed E-state index contributed by atoms with van der Waals surface area (Å²) in [5.41, 5.74) is 0.791. The Balaban J connectivity index is 1.59. The van der Waals surface area contributed by atoms with Crippen molar-refractivity contribution in [1.29, 1.82) is 0 Å². The van der Waals surface area contributed by atoms with Crippen molar-refractivity contribution in [2.24, 2.45) is 7.05 Å². The summed E-state index contributed by atoms with van der Waals surface area (Å²) in [5.74, 6) is 0.953. The van der Waals surface area contributed by atoms with Crippen molar-refractivity contribution in [3.8, 4) is 5.75 Å². The molecule has 32 heavy (non-hydrogen) atoms. The van der Waals surface area contributed by atoms with Crippen LogP contribution in [0.5, 0.6) is 5.75 Å². The third-order valence-electron chi connectivity index (χ3n) is 5.13. The van der Waals surface area contributed by atoms with Gasteiger partial charge < -0.3 is 4.74 Å². The molecule has 5 aromatic rings. The molecule has 0 radical (unpaired) electrons. The summed E-state index contributed by atoms with van der Waals surface area (Å²) in [7, 11) is 1.71. The van der Waals surface area contributed by atoms with Crippen LogP contribution in [0.15, 0.2) is 70.4 Å². The first-order chi connectivity index (χ1) is 15.5. The monoisotopic (exact) mass is 450 g/mol. The fourth-order valence-electron chi connectivity index (χ4n) is 3.62. The van der Waals surface area contributed by atoms with E-state index in [4.69, 9.17) is 16.3 Å². The Morgan fingerprint density at radius 3 is 2.50 bits per heavy atom. The predicted octanol–water partition coefficient (Wildman–Crippen LogP) is 2.33. The maximum atomic E-state index is 13.2. The number of fused-ring (bicyclic) bond motifs is 3. The van der Waals surface area contributed by atoms with E-state index in [1.165, 1.54) is 18.3 Å². The van der Waals surface area contributed by atoms with Gasteiger partial charge in [-0.2, -0.15) is 5.10 Å². The maximum absolute atomic E-state index is 13.2. The number of hydrogen-bond donors (Lipinski definition) is 0. The van der Waals surface area contributed by atoms with Crippen molar-refractivity contribution in [3.63, 3.8) is 0 Å². The molecule has 0 aliphatic carbocycles. The molecule has 0 saturated carbocycles. The van der Waals surface area contributed by atoms with E-state index in [1.54, 1.807) is 25.4 Å². The Hall–Kier alpha value is -3.85. The number of aryl methyl sites for hydroxylation is 1. The van der Waals surface area contributed by atoms with Crippen LogP contribution in [0.2, 0.25) is 5.02 Å². The number of halogens is 1. The molecular weight excluding hydrogens is 432 g/mol. The number of nitrogens with zero attached hydrogens (tertiary/aromatic N) is 6. The molecule has 0 fully saturated rings. The van der Waals surface area contributed by atoms with Crippen LogP contribution >= 0.6 is 11.6 Å². The molecule has 0 bridgehead atoms. The van der Waals surface area contributed by atoms with Gasteiger partial charge in [0.2, 0.25) is 5.78 Å². The number of hydrogen-bond acceptors (Lipinski definition) is 5. The summed E-state index contributed by atoms with van der Waals surface area (Å²) in [6.07, 6.45) is 1.64. The molecule has 2 aromatic carbocycles. The van der Waals surface area contributed by atoms with E-state index in [1.807, 2.05) is 42.5 Å². The minimum absolute atomic E-state index is 0.205. The molecule has 0 N–H and O–H groups in total.